The van der Waals surface area contributed by atoms with Crippen molar-refractivity contribution in [3.05, 3.63) is 77.2 Å². The largest absolute Gasteiger partial charge is 0.485 e. The molecule has 0 spiro atoms. The first-order chi connectivity index (χ1) is 13.3. The van der Waals surface area contributed by atoms with Crippen LogP contribution in [0.4, 0.5) is 17.6 Å². The molecule has 0 atom stereocenters. The summed E-state index contributed by atoms with van der Waals surface area (Å²) < 4.78 is 65.5. The second-order valence-electron chi connectivity index (χ2n) is 5.50. The van der Waals surface area contributed by atoms with Gasteiger partial charge in [-0.1, -0.05) is 5.16 Å². The number of carbonyl (C=O) groups excluding carboxylic acids is 1. The van der Waals surface area contributed by atoms with Crippen LogP contribution in [0, 0.1) is 5.82 Å². The standard InChI is InChI=1S/C18H12F4N2O4/c19-13-5-7-14(8-6-13)26-9-15-23-16(28-24-15)10-27-17(25)11-1-3-12(4-2-11)18(20,21)22/h1-8H,9-10H2. The highest BCUT2D eigenvalue weighted by atomic mass is 19.4. The van der Waals surface area contributed by atoms with Gasteiger partial charge in [-0.3, -0.25) is 0 Å². The molecule has 0 saturated heterocycles. The lowest BCUT2D eigenvalue weighted by molar-refractivity contribution is -0.137. The first-order valence-electron chi connectivity index (χ1n) is 7.85. The van der Waals surface area contributed by atoms with Crippen molar-refractivity contribution in [3.63, 3.8) is 0 Å². The van der Waals surface area contributed by atoms with Crippen LogP contribution in [0.25, 0.3) is 0 Å². The normalized spacial score (nSPS) is 11.3. The van der Waals surface area contributed by atoms with Crippen molar-refractivity contribution in [2.24, 2.45) is 0 Å². The minimum atomic E-state index is -4.49. The molecular weight excluding hydrogens is 384 g/mol. The summed E-state index contributed by atoms with van der Waals surface area (Å²) in [7, 11) is 0. The molecule has 1 aromatic heterocycles. The van der Waals surface area contributed by atoms with Gasteiger partial charge in [0.05, 0.1) is 11.1 Å². The van der Waals surface area contributed by atoms with Gasteiger partial charge in [0.1, 0.15) is 11.6 Å². The Morgan fingerprint density at radius 2 is 1.68 bits per heavy atom. The van der Waals surface area contributed by atoms with Crippen molar-refractivity contribution in [2.75, 3.05) is 0 Å². The highest BCUT2D eigenvalue weighted by molar-refractivity contribution is 5.89. The molecule has 28 heavy (non-hydrogen) atoms. The Balaban J connectivity index is 1.51. The number of carbonyl (C=O) groups is 1. The van der Waals surface area contributed by atoms with Crippen LogP contribution >= 0.6 is 0 Å². The number of hydrogen-bond donors (Lipinski definition) is 0. The van der Waals surface area contributed by atoms with Crippen molar-refractivity contribution in [2.45, 2.75) is 19.4 Å². The van der Waals surface area contributed by atoms with Crippen LogP contribution in [0.1, 0.15) is 27.6 Å². The highest BCUT2D eigenvalue weighted by Crippen LogP contribution is 2.29. The van der Waals surface area contributed by atoms with E-state index in [1.807, 2.05) is 0 Å². The molecule has 0 saturated carbocycles. The molecule has 6 nitrogen and oxygen atoms in total. The molecule has 3 rings (SSSR count). The fraction of sp³-hybridized carbons (Fsp3) is 0.167. The van der Waals surface area contributed by atoms with Gasteiger partial charge in [-0.2, -0.15) is 18.2 Å². The fourth-order valence-electron chi connectivity index (χ4n) is 2.09. The molecule has 0 radical (unpaired) electrons. The first-order valence-corrected chi connectivity index (χ1v) is 7.85. The summed E-state index contributed by atoms with van der Waals surface area (Å²) in [6.07, 6.45) is -4.49. The van der Waals surface area contributed by atoms with Gasteiger partial charge >= 0.3 is 12.1 Å². The number of halogens is 4. The Labute approximate surface area is 155 Å². The van der Waals surface area contributed by atoms with E-state index in [1.54, 1.807) is 0 Å². The SMILES string of the molecule is O=C(OCc1nc(COc2ccc(F)cc2)no1)c1ccc(C(F)(F)F)cc1. The van der Waals surface area contributed by atoms with Gasteiger partial charge < -0.3 is 14.0 Å². The third-order valence-corrected chi connectivity index (χ3v) is 3.47. The van der Waals surface area contributed by atoms with Crippen LogP contribution < -0.4 is 4.74 Å². The summed E-state index contributed by atoms with van der Waals surface area (Å²) in [5, 5.41) is 3.64. The molecule has 0 N–H and O–H groups in total. The van der Waals surface area contributed by atoms with E-state index in [4.69, 9.17) is 14.0 Å². The van der Waals surface area contributed by atoms with E-state index in [2.05, 4.69) is 10.1 Å². The van der Waals surface area contributed by atoms with Gasteiger partial charge in [0.25, 0.3) is 5.89 Å². The highest BCUT2D eigenvalue weighted by Gasteiger charge is 2.30. The first kappa shape index (κ1) is 19.3. The summed E-state index contributed by atoms with van der Waals surface area (Å²) in [6, 6.07) is 8.93. The summed E-state index contributed by atoms with van der Waals surface area (Å²) in [6.45, 7) is -0.411. The van der Waals surface area contributed by atoms with E-state index >= 15 is 0 Å². The molecule has 0 unspecified atom stereocenters. The molecule has 2 aromatic carbocycles. The maximum atomic E-state index is 12.8. The van der Waals surface area contributed by atoms with Crippen molar-refractivity contribution in [1.29, 1.82) is 0 Å². The monoisotopic (exact) mass is 396 g/mol. The van der Waals surface area contributed by atoms with Crippen molar-refractivity contribution < 1.29 is 36.4 Å². The van der Waals surface area contributed by atoms with Crippen molar-refractivity contribution >= 4 is 5.97 Å². The third kappa shape index (κ3) is 5.06. The number of hydrogen-bond acceptors (Lipinski definition) is 6. The molecule has 0 aliphatic rings. The van der Waals surface area contributed by atoms with Crippen molar-refractivity contribution in [1.82, 2.24) is 10.1 Å². The summed E-state index contributed by atoms with van der Waals surface area (Å²) >= 11 is 0. The molecule has 3 aromatic rings. The second-order valence-corrected chi connectivity index (χ2v) is 5.50. The minimum Gasteiger partial charge on any atom is -0.485 e. The van der Waals surface area contributed by atoms with Crippen LogP contribution in [-0.2, 0) is 24.1 Å². The lowest BCUT2D eigenvalue weighted by Gasteiger charge is -2.07. The summed E-state index contributed by atoms with van der Waals surface area (Å²) in [4.78, 5) is 15.8. The van der Waals surface area contributed by atoms with Gasteiger partial charge in [-0.15, -0.1) is 0 Å². The minimum absolute atomic E-state index is 0.0158. The third-order valence-electron chi connectivity index (χ3n) is 3.47. The Morgan fingerprint density at radius 3 is 2.32 bits per heavy atom. The lowest BCUT2D eigenvalue weighted by atomic mass is 10.1. The van der Waals surface area contributed by atoms with Crippen LogP contribution in [0.15, 0.2) is 53.1 Å². The quantitative estimate of drug-likeness (QED) is 0.460. The lowest BCUT2D eigenvalue weighted by Crippen LogP contribution is -2.08. The zero-order valence-corrected chi connectivity index (χ0v) is 14.1. The van der Waals surface area contributed by atoms with Gasteiger partial charge in [0.15, 0.2) is 13.2 Å². The van der Waals surface area contributed by atoms with E-state index in [9.17, 15) is 22.4 Å². The molecule has 0 bridgehead atoms. The van der Waals surface area contributed by atoms with Crippen molar-refractivity contribution in [3.8, 4) is 5.75 Å². The number of aromatic nitrogens is 2. The topological polar surface area (TPSA) is 74.5 Å². The predicted octanol–water partition coefficient (Wildman–Crippen LogP) is 4.16. The van der Waals surface area contributed by atoms with E-state index in [0.29, 0.717) is 5.75 Å². The molecule has 0 fully saturated rings. The van der Waals surface area contributed by atoms with Crippen LogP contribution in [0.3, 0.4) is 0 Å². The number of esters is 1. The van der Waals surface area contributed by atoms with E-state index in [0.717, 1.165) is 24.3 Å². The summed E-state index contributed by atoms with van der Waals surface area (Å²) in [5.41, 5.74) is -0.917. The number of ether oxygens (including phenoxy) is 2. The zero-order valence-electron chi connectivity index (χ0n) is 14.1. The Kier molecular flexibility index (Phi) is 5.57. The smallest absolute Gasteiger partial charge is 0.416 e. The second kappa shape index (κ2) is 8.07. The number of nitrogens with zero attached hydrogens (tertiary/aromatic N) is 2. The molecule has 0 aliphatic heterocycles. The maximum Gasteiger partial charge on any atom is 0.416 e. The number of alkyl halides is 3. The summed E-state index contributed by atoms with van der Waals surface area (Å²) in [5.74, 6) is -0.676. The van der Waals surface area contributed by atoms with Gasteiger partial charge in [-0.25, -0.2) is 9.18 Å². The molecule has 146 valence electrons. The van der Waals surface area contributed by atoms with E-state index in [-0.39, 0.29) is 30.5 Å². The van der Waals surface area contributed by atoms with E-state index in [1.165, 1.54) is 24.3 Å². The van der Waals surface area contributed by atoms with Gasteiger partial charge in [-0.05, 0) is 48.5 Å². The zero-order chi connectivity index (χ0) is 20.1. The molecular formula is C18H12F4N2O4. The average Bonchev–Trinajstić information content (AvgIpc) is 3.13. The number of rotatable bonds is 6. The molecule has 1 heterocycles. The van der Waals surface area contributed by atoms with E-state index < -0.39 is 23.5 Å². The number of benzene rings is 2. The maximum absolute atomic E-state index is 12.8. The van der Waals surface area contributed by atoms with Crippen LogP contribution in [-0.4, -0.2) is 16.1 Å². The van der Waals surface area contributed by atoms with Crippen LogP contribution in [0.2, 0.25) is 0 Å². The molecule has 10 heteroatoms. The predicted molar refractivity (Wildman–Crippen MR) is 85.6 cm³/mol. The van der Waals surface area contributed by atoms with Gasteiger partial charge in [0, 0.05) is 0 Å². The molecule has 0 amide bonds. The van der Waals surface area contributed by atoms with Gasteiger partial charge in [0.2, 0.25) is 5.82 Å². The molecule has 0 aliphatic carbocycles. The Hall–Kier alpha value is -3.43. The average molecular weight is 396 g/mol. The Bertz CT molecular complexity index is 937. The Morgan fingerprint density at radius 1 is 1.00 bits per heavy atom. The fourth-order valence-corrected chi connectivity index (χ4v) is 2.09. The van der Waals surface area contributed by atoms with Crippen LogP contribution in [0.5, 0.6) is 5.75 Å².